The molecule has 2 aromatic carbocycles. The largest absolute Gasteiger partial charge is 0.489 e. The molecule has 0 unspecified atom stereocenters. The zero-order chi connectivity index (χ0) is 29.5. The Morgan fingerprint density at radius 2 is 1.68 bits per heavy atom. The molecular formula is C31H38N2O7S. The smallest absolute Gasteiger partial charge is 0.324 e. The second kappa shape index (κ2) is 11.2. The van der Waals surface area contributed by atoms with E-state index in [2.05, 4.69) is 0 Å². The summed E-state index contributed by atoms with van der Waals surface area (Å²) in [6, 6.07) is 11.0. The first-order valence-corrected chi connectivity index (χ1v) is 15.8. The number of hydrogen-bond acceptors (Lipinski definition) is 7. The lowest BCUT2D eigenvalue weighted by Crippen LogP contribution is -2.44. The van der Waals surface area contributed by atoms with Crippen LogP contribution in [0.4, 0.5) is 0 Å². The van der Waals surface area contributed by atoms with Crippen molar-refractivity contribution in [3.8, 4) is 5.75 Å². The molecule has 3 aliphatic rings. The van der Waals surface area contributed by atoms with Crippen molar-refractivity contribution in [3.63, 3.8) is 0 Å². The maximum absolute atomic E-state index is 13.9. The molecule has 0 N–H and O–H groups in total. The highest BCUT2D eigenvalue weighted by Gasteiger charge is 2.43. The van der Waals surface area contributed by atoms with Crippen LogP contribution in [-0.4, -0.2) is 66.2 Å². The topological polar surface area (TPSA) is 110 Å². The van der Waals surface area contributed by atoms with Crippen LogP contribution in [0.2, 0.25) is 0 Å². The zero-order valence-corrected chi connectivity index (χ0v) is 24.9. The molecule has 5 rings (SSSR count). The number of carbonyl (C=O) groups excluding carboxylic acids is 3. The minimum Gasteiger partial charge on any atom is -0.489 e. The van der Waals surface area contributed by atoms with Crippen LogP contribution >= 0.6 is 0 Å². The number of amides is 2. The molecule has 1 aliphatic carbocycles. The second-order valence-corrected chi connectivity index (χ2v) is 14.1. The highest BCUT2D eigenvalue weighted by molar-refractivity contribution is 7.89. The van der Waals surface area contributed by atoms with E-state index in [0.29, 0.717) is 36.9 Å². The molecule has 2 aromatic rings. The summed E-state index contributed by atoms with van der Waals surface area (Å²) in [6.07, 6.45) is 3.91. The molecule has 2 amide bonds. The number of benzene rings is 2. The monoisotopic (exact) mass is 582 g/mol. The lowest BCUT2D eigenvalue weighted by Gasteiger charge is -2.37. The van der Waals surface area contributed by atoms with Gasteiger partial charge in [-0.1, -0.05) is 18.2 Å². The third-order valence-electron chi connectivity index (χ3n) is 8.03. The Kier molecular flexibility index (Phi) is 8.00. The molecule has 220 valence electrons. The fourth-order valence-electron chi connectivity index (χ4n) is 5.82. The Labute approximate surface area is 241 Å². The fraction of sp³-hybridized carbons (Fsp3) is 0.516. The number of hydrogen-bond donors (Lipinski definition) is 0. The third-order valence-corrected chi connectivity index (χ3v) is 9.98. The molecule has 2 aliphatic heterocycles. The summed E-state index contributed by atoms with van der Waals surface area (Å²) in [7, 11) is -4.02. The average molecular weight is 583 g/mol. The van der Waals surface area contributed by atoms with Crippen molar-refractivity contribution in [2.75, 3.05) is 13.1 Å². The van der Waals surface area contributed by atoms with Crippen LogP contribution in [0.15, 0.2) is 47.4 Å². The van der Waals surface area contributed by atoms with Gasteiger partial charge in [-0.15, -0.1) is 0 Å². The normalized spacial score (nSPS) is 22.9. The molecule has 1 saturated heterocycles. The summed E-state index contributed by atoms with van der Waals surface area (Å²) in [6.45, 7) is 7.74. The van der Waals surface area contributed by atoms with Gasteiger partial charge in [-0.05, 0) is 102 Å². The maximum Gasteiger partial charge on any atom is 0.324 e. The molecule has 10 heteroatoms. The van der Waals surface area contributed by atoms with Crippen LogP contribution in [-0.2, 0) is 19.6 Å². The summed E-state index contributed by atoms with van der Waals surface area (Å²) >= 11 is 0. The van der Waals surface area contributed by atoms with Gasteiger partial charge in [0.2, 0.25) is 10.0 Å². The van der Waals surface area contributed by atoms with E-state index < -0.39 is 27.6 Å². The van der Waals surface area contributed by atoms with Crippen molar-refractivity contribution < 1.29 is 32.3 Å². The number of nitrogens with zero attached hydrogens (tertiary/aromatic N) is 2. The molecule has 0 spiro atoms. The number of ether oxygens (including phenoxy) is 2. The van der Waals surface area contributed by atoms with Gasteiger partial charge in [0.25, 0.3) is 11.8 Å². The van der Waals surface area contributed by atoms with Gasteiger partial charge in [0.05, 0.1) is 11.1 Å². The van der Waals surface area contributed by atoms with Gasteiger partial charge >= 0.3 is 5.97 Å². The van der Waals surface area contributed by atoms with Crippen LogP contribution in [0.5, 0.6) is 5.75 Å². The van der Waals surface area contributed by atoms with Gasteiger partial charge in [-0.25, -0.2) is 8.42 Å². The predicted molar refractivity (Wildman–Crippen MR) is 152 cm³/mol. The summed E-state index contributed by atoms with van der Waals surface area (Å²) in [4.78, 5) is 39.6. The third kappa shape index (κ3) is 5.90. The number of rotatable bonds is 9. The molecule has 0 aromatic heterocycles. The van der Waals surface area contributed by atoms with Crippen LogP contribution in [0, 0.1) is 12.8 Å². The minimum absolute atomic E-state index is 0.0511. The molecule has 0 radical (unpaired) electrons. The van der Waals surface area contributed by atoms with Gasteiger partial charge in [-0.2, -0.15) is 4.31 Å². The lowest BCUT2D eigenvalue weighted by molar-refractivity contribution is -0.158. The van der Waals surface area contributed by atoms with E-state index in [4.69, 9.17) is 9.47 Å². The number of imide groups is 1. The summed E-state index contributed by atoms with van der Waals surface area (Å²) in [5.41, 5.74) is 1.04. The van der Waals surface area contributed by atoms with Crippen molar-refractivity contribution >= 4 is 27.8 Å². The fourth-order valence-corrected chi connectivity index (χ4v) is 7.57. The van der Waals surface area contributed by atoms with Gasteiger partial charge in [0.1, 0.15) is 28.4 Å². The summed E-state index contributed by atoms with van der Waals surface area (Å²) < 4.78 is 40.8. The first kappa shape index (κ1) is 29.3. The number of carbonyl (C=O) groups is 3. The Bertz CT molecular complexity index is 1430. The Hall–Kier alpha value is -3.24. The molecule has 41 heavy (non-hydrogen) atoms. The standard InChI is InChI=1S/C31H38N2O7S/c1-20-13-16-27(41(37,38)33-18-8-12-24(33)30(36)40-31(2,3)4)26(19-20)39-25-15-14-21(25)9-7-17-32-28(34)22-10-5-6-11-23(22)29(32)35/h5-6,10-11,13,16,19,21,24-25H,7-9,12,14-15,17-18H2,1-4H3/t21-,24-,25+/m0/s1. The highest BCUT2D eigenvalue weighted by atomic mass is 32.2. The van der Waals surface area contributed by atoms with Crippen LogP contribution in [0.3, 0.4) is 0 Å². The minimum atomic E-state index is -4.02. The van der Waals surface area contributed by atoms with Crippen molar-refractivity contribution in [1.82, 2.24) is 9.21 Å². The van der Waals surface area contributed by atoms with E-state index in [0.717, 1.165) is 24.8 Å². The quantitative estimate of drug-likeness (QED) is 0.311. The van der Waals surface area contributed by atoms with E-state index in [1.54, 1.807) is 63.2 Å². The molecule has 2 fully saturated rings. The van der Waals surface area contributed by atoms with E-state index in [1.165, 1.54) is 9.21 Å². The molecule has 0 bridgehead atoms. The summed E-state index contributed by atoms with van der Waals surface area (Å²) in [5.74, 6) is -0.579. The molecule has 9 nitrogen and oxygen atoms in total. The number of aryl methyl sites for hydroxylation is 1. The van der Waals surface area contributed by atoms with E-state index in [1.807, 2.05) is 6.92 Å². The van der Waals surface area contributed by atoms with Gasteiger partial charge in [-0.3, -0.25) is 19.3 Å². The van der Waals surface area contributed by atoms with Crippen molar-refractivity contribution in [2.24, 2.45) is 5.92 Å². The van der Waals surface area contributed by atoms with Gasteiger partial charge < -0.3 is 9.47 Å². The number of fused-ring (bicyclic) bond motifs is 1. The van der Waals surface area contributed by atoms with E-state index >= 15 is 0 Å². The number of sulfonamides is 1. The van der Waals surface area contributed by atoms with Gasteiger partial charge in [0, 0.05) is 13.1 Å². The zero-order valence-electron chi connectivity index (χ0n) is 24.1. The number of esters is 1. The molecule has 2 heterocycles. The molecule has 3 atom stereocenters. The van der Waals surface area contributed by atoms with Crippen LogP contribution in [0.25, 0.3) is 0 Å². The van der Waals surface area contributed by atoms with Gasteiger partial charge in [0.15, 0.2) is 0 Å². The highest BCUT2D eigenvalue weighted by Crippen LogP contribution is 2.39. The first-order chi connectivity index (χ1) is 19.4. The van der Waals surface area contributed by atoms with Crippen LogP contribution < -0.4 is 4.74 Å². The molecular weight excluding hydrogens is 544 g/mol. The van der Waals surface area contributed by atoms with Crippen molar-refractivity contribution in [3.05, 3.63) is 59.2 Å². The summed E-state index contributed by atoms with van der Waals surface area (Å²) in [5, 5.41) is 0. The Balaban J connectivity index is 1.25. The van der Waals surface area contributed by atoms with E-state index in [9.17, 15) is 22.8 Å². The van der Waals surface area contributed by atoms with Crippen molar-refractivity contribution in [1.29, 1.82) is 0 Å². The second-order valence-electron chi connectivity index (χ2n) is 12.2. The predicted octanol–water partition coefficient (Wildman–Crippen LogP) is 4.72. The SMILES string of the molecule is Cc1ccc(S(=O)(=O)N2CCC[C@H]2C(=O)OC(C)(C)C)c(O[C@@H]2CC[C@@H]2CCCN2C(=O)c3ccccc3C2=O)c1. The Morgan fingerprint density at radius 3 is 2.29 bits per heavy atom. The van der Waals surface area contributed by atoms with Crippen LogP contribution in [0.1, 0.15) is 85.6 Å². The average Bonchev–Trinajstić information content (AvgIpc) is 3.49. The Morgan fingerprint density at radius 1 is 1.00 bits per heavy atom. The first-order valence-electron chi connectivity index (χ1n) is 14.3. The maximum atomic E-state index is 13.9. The molecule has 1 saturated carbocycles. The van der Waals surface area contributed by atoms with E-state index in [-0.39, 0.29) is 41.0 Å². The van der Waals surface area contributed by atoms with Crippen molar-refractivity contribution in [2.45, 2.75) is 88.9 Å². The lowest BCUT2D eigenvalue weighted by atomic mass is 9.78.